The molecule has 1 aromatic rings. The monoisotopic (exact) mass is 201 g/mol. The Kier molecular flexibility index (Phi) is 4.24. The Morgan fingerprint density at radius 2 is 2.31 bits per heavy atom. The van der Waals surface area contributed by atoms with Crippen molar-refractivity contribution < 1.29 is 4.42 Å². The van der Waals surface area contributed by atoms with E-state index in [0.717, 1.165) is 12.3 Å². The van der Waals surface area contributed by atoms with Crippen LogP contribution in [0.25, 0.3) is 0 Å². The summed E-state index contributed by atoms with van der Waals surface area (Å²) in [6.45, 7) is 4.97. The van der Waals surface area contributed by atoms with E-state index in [0.29, 0.717) is 11.8 Å². The number of aromatic nitrogens is 2. The number of rotatable bonds is 5. The zero-order valence-corrected chi connectivity index (χ0v) is 9.02. The van der Waals surface area contributed by atoms with E-state index in [1.54, 1.807) is 11.8 Å². The van der Waals surface area contributed by atoms with Crippen molar-refractivity contribution in [3.8, 4) is 0 Å². The molecule has 5 heteroatoms. The lowest BCUT2D eigenvalue weighted by Gasteiger charge is -2.05. The molecule has 0 aromatic carbocycles. The van der Waals surface area contributed by atoms with Crippen molar-refractivity contribution >= 4 is 11.8 Å². The van der Waals surface area contributed by atoms with Crippen LogP contribution in [0.3, 0.4) is 0 Å². The van der Waals surface area contributed by atoms with Gasteiger partial charge in [-0.1, -0.05) is 6.92 Å². The van der Waals surface area contributed by atoms with Gasteiger partial charge in [-0.05, 0) is 19.7 Å². The summed E-state index contributed by atoms with van der Waals surface area (Å²) in [5.74, 6) is 2.16. The average Bonchev–Trinajstić information content (AvgIpc) is 2.54. The summed E-state index contributed by atoms with van der Waals surface area (Å²) in [6.07, 6.45) is 2.01. The second kappa shape index (κ2) is 5.24. The minimum Gasteiger partial charge on any atom is -0.423 e. The minimum atomic E-state index is 0.146. The molecule has 1 atom stereocenters. The molecule has 1 N–H and O–H groups in total. The largest absolute Gasteiger partial charge is 0.423 e. The SMILES string of the molecule is CCNC(C)c1nnc(CSC)o1. The predicted octanol–water partition coefficient (Wildman–Crippen LogP) is 1.60. The molecule has 74 valence electrons. The summed E-state index contributed by atoms with van der Waals surface area (Å²) in [5.41, 5.74) is 0. The van der Waals surface area contributed by atoms with Crippen LogP contribution in [-0.2, 0) is 5.75 Å². The van der Waals surface area contributed by atoms with Gasteiger partial charge in [0.15, 0.2) is 0 Å². The summed E-state index contributed by atoms with van der Waals surface area (Å²) < 4.78 is 5.43. The molecule has 0 saturated carbocycles. The molecule has 0 spiro atoms. The van der Waals surface area contributed by atoms with Crippen LogP contribution in [0.5, 0.6) is 0 Å². The summed E-state index contributed by atoms with van der Waals surface area (Å²) >= 11 is 1.68. The smallest absolute Gasteiger partial charge is 0.233 e. The molecule has 0 aliphatic rings. The molecule has 0 aliphatic carbocycles. The van der Waals surface area contributed by atoms with Crippen LogP contribution in [0.15, 0.2) is 4.42 Å². The van der Waals surface area contributed by atoms with Gasteiger partial charge in [0.25, 0.3) is 0 Å². The molecule has 4 nitrogen and oxygen atoms in total. The van der Waals surface area contributed by atoms with E-state index in [4.69, 9.17) is 4.42 Å². The summed E-state index contributed by atoms with van der Waals surface area (Å²) in [5, 5.41) is 11.1. The highest BCUT2D eigenvalue weighted by molar-refractivity contribution is 7.97. The van der Waals surface area contributed by atoms with Gasteiger partial charge in [0.05, 0.1) is 11.8 Å². The van der Waals surface area contributed by atoms with Crippen LogP contribution in [0.1, 0.15) is 31.7 Å². The fourth-order valence-corrected chi connectivity index (χ4v) is 1.38. The van der Waals surface area contributed by atoms with Crippen molar-refractivity contribution in [2.45, 2.75) is 25.6 Å². The van der Waals surface area contributed by atoms with E-state index in [1.165, 1.54) is 0 Å². The van der Waals surface area contributed by atoms with Gasteiger partial charge in [-0.25, -0.2) is 0 Å². The Balaban J connectivity index is 2.56. The van der Waals surface area contributed by atoms with Gasteiger partial charge < -0.3 is 9.73 Å². The number of nitrogens with one attached hydrogen (secondary N) is 1. The Morgan fingerprint density at radius 1 is 1.54 bits per heavy atom. The number of hydrogen-bond acceptors (Lipinski definition) is 5. The average molecular weight is 201 g/mol. The molecule has 0 fully saturated rings. The van der Waals surface area contributed by atoms with Crippen molar-refractivity contribution in [1.82, 2.24) is 15.5 Å². The van der Waals surface area contributed by atoms with Gasteiger partial charge in [-0.2, -0.15) is 11.8 Å². The Bertz CT molecular complexity index is 251. The van der Waals surface area contributed by atoms with E-state index in [9.17, 15) is 0 Å². The normalized spacial score (nSPS) is 13.2. The van der Waals surface area contributed by atoms with E-state index in [-0.39, 0.29) is 6.04 Å². The molecule has 0 bridgehead atoms. The second-order valence-electron chi connectivity index (χ2n) is 2.75. The lowest BCUT2D eigenvalue weighted by molar-refractivity contribution is 0.405. The van der Waals surface area contributed by atoms with Crippen LogP contribution in [0.2, 0.25) is 0 Å². The number of thioether (sulfide) groups is 1. The first-order valence-electron chi connectivity index (χ1n) is 4.32. The molecular formula is C8H15N3OS. The number of nitrogens with zero attached hydrogens (tertiary/aromatic N) is 2. The highest BCUT2D eigenvalue weighted by Crippen LogP contribution is 2.13. The molecule has 1 heterocycles. The standard InChI is InChI=1S/C8H15N3OS/c1-4-9-6(2)8-11-10-7(12-8)5-13-3/h6,9H,4-5H2,1-3H3. The molecule has 1 rings (SSSR count). The maximum absolute atomic E-state index is 5.43. The highest BCUT2D eigenvalue weighted by Gasteiger charge is 2.11. The van der Waals surface area contributed by atoms with Crippen LogP contribution < -0.4 is 5.32 Å². The van der Waals surface area contributed by atoms with Crippen LogP contribution >= 0.6 is 11.8 Å². The van der Waals surface area contributed by atoms with Crippen molar-refractivity contribution in [1.29, 1.82) is 0 Å². The van der Waals surface area contributed by atoms with Crippen molar-refractivity contribution in [2.75, 3.05) is 12.8 Å². The van der Waals surface area contributed by atoms with Gasteiger partial charge in [-0.15, -0.1) is 10.2 Å². The highest BCUT2D eigenvalue weighted by atomic mass is 32.2. The zero-order valence-electron chi connectivity index (χ0n) is 8.20. The Labute approximate surface area is 82.5 Å². The van der Waals surface area contributed by atoms with Crippen molar-refractivity contribution in [2.24, 2.45) is 0 Å². The van der Waals surface area contributed by atoms with Crippen molar-refractivity contribution in [3.63, 3.8) is 0 Å². The van der Waals surface area contributed by atoms with Gasteiger partial charge in [0, 0.05) is 0 Å². The molecule has 0 amide bonds. The summed E-state index contributed by atoms with van der Waals surface area (Å²) in [4.78, 5) is 0. The van der Waals surface area contributed by atoms with E-state index < -0.39 is 0 Å². The third-order valence-electron chi connectivity index (χ3n) is 1.63. The minimum absolute atomic E-state index is 0.146. The maximum atomic E-state index is 5.43. The maximum Gasteiger partial charge on any atom is 0.233 e. The van der Waals surface area contributed by atoms with Crippen molar-refractivity contribution in [3.05, 3.63) is 11.8 Å². The van der Waals surface area contributed by atoms with E-state index >= 15 is 0 Å². The van der Waals surface area contributed by atoms with Crippen LogP contribution in [-0.4, -0.2) is 23.0 Å². The van der Waals surface area contributed by atoms with Crippen LogP contribution in [0.4, 0.5) is 0 Å². The van der Waals surface area contributed by atoms with Gasteiger partial charge in [-0.3, -0.25) is 0 Å². The lowest BCUT2D eigenvalue weighted by Crippen LogP contribution is -2.17. The fraction of sp³-hybridized carbons (Fsp3) is 0.750. The first kappa shape index (κ1) is 10.5. The summed E-state index contributed by atoms with van der Waals surface area (Å²) in [6, 6.07) is 0.146. The Morgan fingerprint density at radius 3 is 2.92 bits per heavy atom. The number of hydrogen-bond donors (Lipinski definition) is 1. The topological polar surface area (TPSA) is 51.0 Å². The van der Waals surface area contributed by atoms with E-state index in [1.807, 2.05) is 13.2 Å². The summed E-state index contributed by atoms with van der Waals surface area (Å²) in [7, 11) is 0. The molecule has 0 aliphatic heterocycles. The van der Waals surface area contributed by atoms with E-state index in [2.05, 4.69) is 22.4 Å². The van der Waals surface area contributed by atoms with Crippen LogP contribution in [0, 0.1) is 0 Å². The molecule has 13 heavy (non-hydrogen) atoms. The van der Waals surface area contributed by atoms with Gasteiger partial charge >= 0.3 is 0 Å². The second-order valence-corrected chi connectivity index (χ2v) is 3.61. The zero-order chi connectivity index (χ0) is 9.68. The van der Waals surface area contributed by atoms with Gasteiger partial charge in [0.2, 0.25) is 11.8 Å². The first-order valence-corrected chi connectivity index (χ1v) is 5.72. The third-order valence-corrected chi connectivity index (χ3v) is 2.17. The molecular weight excluding hydrogens is 186 g/mol. The van der Waals surface area contributed by atoms with Gasteiger partial charge in [0.1, 0.15) is 0 Å². The lowest BCUT2D eigenvalue weighted by atomic mass is 10.3. The molecule has 1 unspecified atom stereocenters. The molecule has 1 aromatic heterocycles. The Hall–Kier alpha value is -0.550. The molecule has 0 radical (unpaired) electrons. The quantitative estimate of drug-likeness (QED) is 0.784. The molecule has 0 saturated heterocycles. The third kappa shape index (κ3) is 3.00. The fourth-order valence-electron chi connectivity index (χ4n) is 1.02. The first-order chi connectivity index (χ1) is 6.27. The predicted molar refractivity (Wildman–Crippen MR) is 53.6 cm³/mol.